The van der Waals surface area contributed by atoms with Crippen molar-refractivity contribution in [2.75, 3.05) is 13.1 Å². The van der Waals surface area contributed by atoms with Gasteiger partial charge < -0.3 is 10.4 Å². The number of nitrogens with one attached hydrogen (secondary N) is 1. The molecule has 1 aromatic rings. The van der Waals surface area contributed by atoms with Crippen LogP contribution in [0.1, 0.15) is 23.5 Å². The smallest absolute Gasteiger partial charge is 0.133 e. The molecule has 15 heavy (non-hydrogen) atoms. The van der Waals surface area contributed by atoms with E-state index in [1.54, 1.807) is 6.92 Å². The first-order valence-corrected chi connectivity index (χ1v) is 5.78. The molecule has 1 fully saturated rings. The molecule has 4 heteroatoms. The fourth-order valence-corrected chi connectivity index (χ4v) is 2.54. The predicted molar refractivity (Wildman–Crippen MR) is 60.7 cm³/mol. The molecule has 0 bridgehead atoms. The Morgan fingerprint density at radius 1 is 1.60 bits per heavy atom. The number of aromatic hydroxyl groups is 1. The third-order valence-corrected chi connectivity index (χ3v) is 3.57. The van der Waals surface area contributed by atoms with Gasteiger partial charge in [-0.15, -0.1) is 0 Å². The molecule has 1 aliphatic heterocycles. The van der Waals surface area contributed by atoms with E-state index in [0.717, 1.165) is 25.1 Å². The molecular weight excluding hydrogens is 261 g/mol. The molecule has 0 spiro atoms. The quantitative estimate of drug-likeness (QED) is 0.825. The van der Waals surface area contributed by atoms with Crippen LogP contribution >= 0.6 is 15.9 Å². The van der Waals surface area contributed by atoms with E-state index < -0.39 is 0 Å². The van der Waals surface area contributed by atoms with Crippen molar-refractivity contribution in [2.24, 2.45) is 0 Å². The van der Waals surface area contributed by atoms with E-state index in [1.165, 1.54) is 6.07 Å². The zero-order valence-corrected chi connectivity index (χ0v) is 10.1. The summed E-state index contributed by atoms with van der Waals surface area (Å²) in [5, 5.41) is 13.1. The molecule has 2 rings (SSSR count). The number of halogens is 2. The highest BCUT2D eigenvalue weighted by Gasteiger charge is 2.24. The molecule has 1 unspecified atom stereocenters. The SMILES string of the molecule is Cc1c(F)cc(Br)c(O)c1C1CCNC1. The van der Waals surface area contributed by atoms with Crippen LogP contribution in [0.15, 0.2) is 10.5 Å². The summed E-state index contributed by atoms with van der Waals surface area (Å²) in [6.07, 6.45) is 0.949. The number of rotatable bonds is 1. The van der Waals surface area contributed by atoms with Gasteiger partial charge in [-0.1, -0.05) is 0 Å². The van der Waals surface area contributed by atoms with Gasteiger partial charge in [0.15, 0.2) is 0 Å². The summed E-state index contributed by atoms with van der Waals surface area (Å²) in [5.41, 5.74) is 1.30. The van der Waals surface area contributed by atoms with Gasteiger partial charge in [0.1, 0.15) is 11.6 Å². The highest BCUT2D eigenvalue weighted by atomic mass is 79.9. The van der Waals surface area contributed by atoms with Crippen LogP contribution in [0.3, 0.4) is 0 Å². The van der Waals surface area contributed by atoms with Gasteiger partial charge in [-0.05, 0) is 47.4 Å². The summed E-state index contributed by atoms with van der Waals surface area (Å²) in [6, 6.07) is 1.32. The minimum Gasteiger partial charge on any atom is -0.506 e. The van der Waals surface area contributed by atoms with Crippen molar-refractivity contribution in [3.8, 4) is 5.75 Å². The van der Waals surface area contributed by atoms with Crippen molar-refractivity contribution in [1.29, 1.82) is 0 Å². The maximum Gasteiger partial charge on any atom is 0.133 e. The van der Waals surface area contributed by atoms with E-state index >= 15 is 0 Å². The lowest BCUT2D eigenvalue weighted by Gasteiger charge is -2.16. The summed E-state index contributed by atoms with van der Waals surface area (Å²) in [4.78, 5) is 0. The lowest BCUT2D eigenvalue weighted by atomic mass is 9.93. The molecule has 0 aliphatic carbocycles. The Kier molecular flexibility index (Phi) is 2.98. The van der Waals surface area contributed by atoms with Crippen LogP contribution in [0.4, 0.5) is 4.39 Å². The Balaban J connectivity index is 2.52. The Hall–Kier alpha value is -0.610. The van der Waals surface area contributed by atoms with Gasteiger partial charge in [-0.2, -0.15) is 0 Å². The first-order valence-electron chi connectivity index (χ1n) is 4.99. The maximum atomic E-state index is 13.5. The van der Waals surface area contributed by atoms with Crippen molar-refractivity contribution in [3.05, 3.63) is 27.5 Å². The lowest BCUT2D eigenvalue weighted by molar-refractivity contribution is 0.454. The second-order valence-electron chi connectivity index (χ2n) is 3.92. The van der Waals surface area contributed by atoms with E-state index in [2.05, 4.69) is 21.2 Å². The minimum atomic E-state index is -0.262. The van der Waals surface area contributed by atoms with Crippen molar-refractivity contribution < 1.29 is 9.50 Å². The lowest BCUT2D eigenvalue weighted by Crippen LogP contribution is -2.09. The second kappa shape index (κ2) is 4.10. The molecule has 0 saturated carbocycles. The molecule has 0 radical (unpaired) electrons. The molecule has 0 amide bonds. The molecule has 1 aromatic carbocycles. The van der Waals surface area contributed by atoms with Crippen molar-refractivity contribution in [1.82, 2.24) is 5.32 Å². The van der Waals surface area contributed by atoms with E-state index in [0.29, 0.717) is 10.0 Å². The van der Waals surface area contributed by atoms with E-state index in [1.807, 2.05) is 0 Å². The molecule has 1 heterocycles. The summed E-state index contributed by atoms with van der Waals surface area (Å²) in [5.74, 6) is 0.140. The largest absolute Gasteiger partial charge is 0.506 e. The fourth-order valence-electron chi connectivity index (χ4n) is 2.12. The molecule has 2 N–H and O–H groups in total. The van der Waals surface area contributed by atoms with E-state index in [-0.39, 0.29) is 17.5 Å². The van der Waals surface area contributed by atoms with Crippen LogP contribution in [0, 0.1) is 12.7 Å². The zero-order valence-electron chi connectivity index (χ0n) is 8.48. The Morgan fingerprint density at radius 3 is 2.93 bits per heavy atom. The Morgan fingerprint density at radius 2 is 2.33 bits per heavy atom. The molecule has 82 valence electrons. The standard InChI is InChI=1S/C11H13BrFNO/c1-6-9(13)4-8(12)11(15)10(6)7-2-3-14-5-7/h4,7,14-15H,2-3,5H2,1H3. The zero-order chi connectivity index (χ0) is 11.0. The Bertz CT molecular complexity index is 362. The molecule has 1 atom stereocenters. The average Bonchev–Trinajstić information content (AvgIpc) is 2.69. The number of hydrogen-bond acceptors (Lipinski definition) is 2. The second-order valence-corrected chi connectivity index (χ2v) is 4.77. The van der Waals surface area contributed by atoms with Crippen LogP contribution in [0.25, 0.3) is 0 Å². The molecule has 1 saturated heterocycles. The summed E-state index contributed by atoms with van der Waals surface area (Å²) >= 11 is 3.17. The topological polar surface area (TPSA) is 32.3 Å². The van der Waals surface area contributed by atoms with Gasteiger partial charge in [0.2, 0.25) is 0 Å². The summed E-state index contributed by atoms with van der Waals surface area (Å²) < 4.78 is 13.9. The van der Waals surface area contributed by atoms with Gasteiger partial charge >= 0.3 is 0 Å². The molecule has 2 nitrogen and oxygen atoms in total. The van der Waals surface area contributed by atoms with Crippen LogP contribution in [0.2, 0.25) is 0 Å². The first-order chi connectivity index (χ1) is 7.11. The van der Waals surface area contributed by atoms with Crippen LogP contribution in [-0.2, 0) is 0 Å². The highest BCUT2D eigenvalue weighted by Crippen LogP contribution is 2.38. The maximum absolute atomic E-state index is 13.5. The third kappa shape index (κ3) is 1.88. The molecular formula is C11H13BrFNO. The van der Waals surface area contributed by atoms with Crippen molar-refractivity contribution in [3.63, 3.8) is 0 Å². The van der Waals surface area contributed by atoms with Crippen molar-refractivity contribution >= 4 is 15.9 Å². The van der Waals surface area contributed by atoms with Gasteiger partial charge in [0, 0.05) is 18.0 Å². The number of benzene rings is 1. The predicted octanol–water partition coefficient (Wildman–Crippen LogP) is 2.68. The van der Waals surface area contributed by atoms with Gasteiger partial charge in [-0.3, -0.25) is 0 Å². The number of hydrogen-bond donors (Lipinski definition) is 2. The van der Waals surface area contributed by atoms with Gasteiger partial charge in [0.05, 0.1) is 4.47 Å². The molecule has 1 aliphatic rings. The van der Waals surface area contributed by atoms with Crippen LogP contribution in [0.5, 0.6) is 5.75 Å². The van der Waals surface area contributed by atoms with E-state index in [9.17, 15) is 9.50 Å². The first kappa shape index (κ1) is 10.9. The number of phenolic OH excluding ortho intramolecular Hbond substituents is 1. The van der Waals surface area contributed by atoms with Crippen LogP contribution < -0.4 is 5.32 Å². The summed E-state index contributed by atoms with van der Waals surface area (Å²) in [6.45, 7) is 3.46. The summed E-state index contributed by atoms with van der Waals surface area (Å²) in [7, 11) is 0. The molecule has 0 aromatic heterocycles. The van der Waals surface area contributed by atoms with E-state index in [4.69, 9.17) is 0 Å². The average molecular weight is 274 g/mol. The normalized spacial score (nSPS) is 20.9. The number of phenols is 1. The van der Waals surface area contributed by atoms with Gasteiger partial charge in [0.25, 0.3) is 0 Å². The Labute approximate surface area is 96.6 Å². The highest BCUT2D eigenvalue weighted by molar-refractivity contribution is 9.10. The van der Waals surface area contributed by atoms with Crippen molar-refractivity contribution in [2.45, 2.75) is 19.3 Å². The minimum absolute atomic E-state index is 0.183. The fraction of sp³-hybridized carbons (Fsp3) is 0.455. The monoisotopic (exact) mass is 273 g/mol. The van der Waals surface area contributed by atoms with Crippen LogP contribution in [-0.4, -0.2) is 18.2 Å². The van der Waals surface area contributed by atoms with Gasteiger partial charge in [-0.25, -0.2) is 4.39 Å². The third-order valence-electron chi connectivity index (χ3n) is 2.97.